The van der Waals surface area contributed by atoms with Crippen LogP contribution < -0.4 is 5.32 Å². The highest BCUT2D eigenvalue weighted by Crippen LogP contribution is 2.29. The standard InChI is InChI=1S/C25H28N4O/c30-25(23-13-5-7-16-27-23)28-24(22-12-4-6-15-26-22)21-11-8-17-29(19-21)18-14-20-9-2-1-3-10-20/h1-7,9-10,12-13,15-16,21,24H,8,11,14,17-19H2,(H,28,30). The number of hydrogen-bond donors (Lipinski definition) is 1. The lowest BCUT2D eigenvalue weighted by Crippen LogP contribution is -2.44. The number of carbonyl (C=O) groups excluding carboxylic acids is 1. The van der Waals surface area contributed by atoms with E-state index in [2.05, 4.69) is 50.5 Å². The Morgan fingerprint density at radius 2 is 1.77 bits per heavy atom. The fourth-order valence-corrected chi connectivity index (χ4v) is 4.20. The summed E-state index contributed by atoms with van der Waals surface area (Å²) in [5.74, 6) is 0.171. The molecule has 30 heavy (non-hydrogen) atoms. The summed E-state index contributed by atoms with van der Waals surface area (Å²) >= 11 is 0. The zero-order valence-corrected chi connectivity index (χ0v) is 17.2. The minimum absolute atomic E-state index is 0.125. The van der Waals surface area contributed by atoms with Crippen molar-refractivity contribution in [1.82, 2.24) is 20.2 Å². The number of pyridine rings is 2. The minimum atomic E-state index is -0.146. The van der Waals surface area contributed by atoms with E-state index in [-0.39, 0.29) is 11.9 Å². The Balaban J connectivity index is 1.46. The van der Waals surface area contributed by atoms with Gasteiger partial charge in [0, 0.05) is 25.5 Å². The zero-order chi connectivity index (χ0) is 20.6. The van der Waals surface area contributed by atoms with E-state index >= 15 is 0 Å². The Hall–Kier alpha value is -3.05. The normalized spacial score (nSPS) is 17.9. The first-order chi connectivity index (χ1) is 14.8. The second-order valence-electron chi connectivity index (χ2n) is 7.86. The number of nitrogens with one attached hydrogen (secondary N) is 1. The van der Waals surface area contributed by atoms with Gasteiger partial charge in [-0.3, -0.25) is 14.8 Å². The Kier molecular flexibility index (Phi) is 6.83. The van der Waals surface area contributed by atoms with E-state index in [4.69, 9.17) is 0 Å². The van der Waals surface area contributed by atoms with Gasteiger partial charge in [0.15, 0.2) is 0 Å². The number of benzene rings is 1. The van der Waals surface area contributed by atoms with Crippen molar-refractivity contribution in [1.29, 1.82) is 0 Å². The molecule has 2 atom stereocenters. The maximum atomic E-state index is 12.8. The monoisotopic (exact) mass is 400 g/mol. The molecule has 1 aromatic carbocycles. The number of amides is 1. The number of rotatable bonds is 7. The number of aromatic nitrogens is 2. The molecule has 1 N–H and O–H groups in total. The van der Waals surface area contributed by atoms with Crippen molar-refractivity contribution in [3.05, 3.63) is 96.1 Å². The van der Waals surface area contributed by atoms with Crippen LogP contribution in [0.1, 0.15) is 40.6 Å². The molecular formula is C25H28N4O. The number of nitrogens with zero attached hydrogens (tertiary/aromatic N) is 3. The van der Waals surface area contributed by atoms with Gasteiger partial charge in [0.1, 0.15) is 5.69 Å². The molecule has 3 aromatic rings. The Labute approximate surface area is 178 Å². The van der Waals surface area contributed by atoms with Crippen molar-refractivity contribution in [3.63, 3.8) is 0 Å². The topological polar surface area (TPSA) is 58.1 Å². The van der Waals surface area contributed by atoms with Crippen LogP contribution in [0.15, 0.2) is 79.1 Å². The molecule has 3 heterocycles. The van der Waals surface area contributed by atoms with E-state index in [0.717, 1.165) is 44.6 Å². The van der Waals surface area contributed by atoms with Crippen LogP contribution >= 0.6 is 0 Å². The van der Waals surface area contributed by atoms with Crippen LogP contribution in [0.3, 0.4) is 0 Å². The lowest BCUT2D eigenvalue weighted by Gasteiger charge is -2.37. The number of carbonyl (C=O) groups is 1. The molecule has 0 radical (unpaired) electrons. The average Bonchev–Trinajstić information content (AvgIpc) is 2.83. The number of likely N-dealkylation sites (tertiary alicyclic amines) is 1. The minimum Gasteiger partial charge on any atom is -0.342 e. The third-order valence-corrected chi connectivity index (χ3v) is 5.76. The molecule has 0 spiro atoms. The fourth-order valence-electron chi connectivity index (χ4n) is 4.20. The smallest absolute Gasteiger partial charge is 0.270 e. The van der Waals surface area contributed by atoms with Crippen LogP contribution in [-0.4, -0.2) is 40.4 Å². The molecule has 1 amide bonds. The molecule has 1 aliphatic heterocycles. The van der Waals surface area contributed by atoms with Crippen molar-refractivity contribution in [2.75, 3.05) is 19.6 Å². The van der Waals surface area contributed by atoms with E-state index in [1.165, 1.54) is 5.56 Å². The van der Waals surface area contributed by atoms with Crippen molar-refractivity contribution >= 4 is 5.91 Å². The van der Waals surface area contributed by atoms with Gasteiger partial charge in [0.2, 0.25) is 0 Å². The lowest BCUT2D eigenvalue weighted by atomic mass is 9.88. The predicted octanol–water partition coefficient (Wildman–Crippen LogP) is 3.90. The highest BCUT2D eigenvalue weighted by molar-refractivity contribution is 5.92. The molecule has 1 aliphatic rings. The molecule has 2 aromatic heterocycles. The maximum Gasteiger partial charge on any atom is 0.270 e. The summed E-state index contributed by atoms with van der Waals surface area (Å²) in [5, 5.41) is 3.22. The van der Waals surface area contributed by atoms with Crippen molar-refractivity contribution in [2.24, 2.45) is 5.92 Å². The molecule has 154 valence electrons. The molecule has 0 bridgehead atoms. The van der Waals surface area contributed by atoms with E-state index < -0.39 is 0 Å². The SMILES string of the molecule is O=C(NC(c1ccccn1)C1CCCN(CCc2ccccc2)C1)c1ccccn1. The van der Waals surface area contributed by atoms with Crippen molar-refractivity contribution in [3.8, 4) is 0 Å². The molecule has 4 rings (SSSR count). The van der Waals surface area contributed by atoms with Gasteiger partial charge in [-0.1, -0.05) is 42.5 Å². The molecular weight excluding hydrogens is 372 g/mol. The molecule has 5 nitrogen and oxygen atoms in total. The summed E-state index contributed by atoms with van der Waals surface area (Å²) in [7, 11) is 0. The third kappa shape index (κ3) is 5.30. The summed E-state index contributed by atoms with van der Waals surface area (Å²) in [4.78, 5) is 24.1. The first-order valence-electron chi connectivity index (χ1n) is 10.7. The van der Waals surface area contributed by atoms with Gasteiger partial charge in [0.05, 0.1) is 11.7 Å². The first-order valence-corrected chi connectivity index (χ1v) is 10.7. The fraction of sp³-hybridized carbons (Fsp3) is 0.320. The van der Waals surface area contributed by atoms with Gasteiger partial charge in [-0.05, 0) is 61.6 Å². The first kappa shape index (κ1) is 20.2. The van der Waals surface area contributed by atoms with E-state index in [0.29, 0.717) is 11.6 Å². The highest BCUT2D eigenvalue weighted by atomic mass is 16.1. The van der Waals surface area contributed by atoms with Crippen LogP contribution in [0.4, 0.5) is 0 Å². The quantitative estimate of drug-likeness (QED) is 0.653. The Bertz CT molecular complexity index is 918. The van der Waals surface area contributed by atoms with Gasteiger partial charge in [0.25, 0.3) is 5.91 Å². The number of hydrogen-bond acceptors (Lipinski definition) is 4. The number of piperidine rings is 1. The summed E-state index contributed by atoms with van der Waals surface area (Å²) in [5.41, 5.74) is 2.72. The summed E-state index contributed by atoms with van der Waals surface area (Å²) in [6.45, 7) is 3.09. The molecule has 0 aliphatic carbocycles. The molecule has 0 saturated carbocycles. The van der Waals surface area contributed by atoms with Crippen LogP contribution in [0.5, 0.6) is 0 Å². The van der Waals surface area contributed by atoms with Gasteiger partial charge in [-0.2, -0.15) is 0 Å². The van der Waals surface area contributed by atoms with Crippen molar-refractivity contribution < 1.29 is 4.79 Å². The van der Waals surface area contributed by atoms with E-state index in [9.17, 15) is 4.79 Å². The van der Waals surface area contributed by atoms with Gasteiger partial charge in [-0.25, -0.2) is 0 Å². The Morgan fingerprint density at radius 3 is 2.50 bits per heavy atom. The molecule has 1 saturated heterocycles. The second kappa shape index (κ2) is 10.1. The lowest BCUT2D eigenvalue weighted by molar-refractivity contribution is 0.0876. The molecule has 2 unspecified atom stereocenters. The van der Waals surface area contributed by atoms with Gasteiger partial charge in [-0.15, -0.1) is 0 Å². The summed E-state index contributed by atoms with van der Waals surface area (Å²) in [6, 6.07) is 21.8. The van der Waals surface area contributed by atoms with Gasteiger partial charge < -0.3 is 10.2 Å². The Morgan fingerprint density at radius 1 is 1.00 bits per heavy atom. The summed E-state index contributed by atoms with van der Waals surface area (Å²) < 4.78 is 0. The maximum absolute atomic E-state index is 12.8. The van der Waals surface area contributed by atoms with Crippen LogP contribution in [0.2, 0.25) is 0 Å². The zero-order valence-electron chi connectivity index (χ0n) is 17.2. The van der Waals surface area contributed by atoms with Crippen molar-refractivity contribution in [2.45, 2.75) is 25.3 Å². The van der Waals surface area contributed by atoms with Gasteiger partial charge >= 0.3 is 0 Å². The third-order valence-electron chi connectivity index (χ3n) is 5.76. The highest BCUT2D eigenvalue weighted by Gasteiger charge is 2.30. The van der Waals surface area contributed by atoms with Crippen LogP contribution in [0.25, 0.3) is 0 Å². The molecule has 1 fully saturated rings. The average molecular weight is 401 g/mol. The second-order valence-corrected chi connectivity index (χ2v) is 7.86. The molecule has 5 heteroatoms. The van der Waals surface area contributed by atoms with E-state index in [1.807, 2.05) is 30.3 Å². The van der Waals surface area contributed by atoms with E-state index in [1.54, 1.807) is 18.5 Å². The van der Waals surface area contributed by atoms with Crippen LogP contribution in [-0.2, 0) is 6.42 Å². The summed E-state index contributed by atoms with van der Waals surface area (Å²) in [6.07, 6.45) is 6.69. The van der Waals surface area contributed by atoms with Crippen LogP contribution in [0, 0.1) is 5.92 Å². The largest absolute Gasteiger partial charge is 0.342 e. The predicted molar refractivity (Wildman–Crippen MR) is 118 cm³/mol.